The Bertz CT molecular complexity index is 3680. The maximum absolute atomic E-state index is 16.3. The summed E-state index contributed by atoms with van der Waals surface area (Å²) in [6.45, 7) is 0. The minimum absolute atomic E-state index is 0.105. The van der Waals surface area contributed by atoms with Crippen LogP contribution in [-0.4, -0.2) is 0 Å². The number of alkyl halides is 36. The van der Waals surface area contributed by atoms with E-state index < -0.39 is 282 Å². The van der Waals surface area contributed by atoms with E-state index in [4.69, 9.17) is 0 Å². The van der Waals surface area contributed by atoms with Crippen LogP contribution in [0.15, 0.2) is 158 Å². The van der Waals surface area contributed by atoms with Crippen LogP contribution in [0.2, 0.25) is 0 Å². The second-order valence-electron chi connectivity index (χ2n) is 20.9. The van der Waals surface area contributed by atoms with E-state index in [0.29, 0.717) is 0 Å². The topological polar surface area (TPSA) is 0 Å². The van der Waals surface area contributed by atoms with Crippen LogP contribution < -0.4 is 42.4 Å². The average Bonchev–Trinajstić information content (AvgIpc) is 0.688. The second kappa shape index (κ2) is 24.5. The second-order valence-corrected chi connectivity index (χ2v) is 28.2. The zero-order chi connectivity index (χ0) is 74.1. The van der Waals surface area contributed by atoms with E-state index in [0.717, 1.165) is 0 Å². The summed E-state index contributed by atoms with van der Waals surface area (Å²) in [6, 6.07) is -9.56. The Morgan fingerprint density at radius 2 is 0.276 bits per heavy atom. The summed E-state index contributed by atoms with van der Waals surface area (Å²) in [7, 11) is -17.0. The standard InChI is InChI=1S/C60H28F36P2/c61-49(62,63)29-13-5-21-37(43(29)55(79,80)81)97(38-22-6-14-30(50(64,65)66)44(38)56(82,83)84,39-23-7-15-31(51(67,68)69)45(39)57(85,86)87)35-19-3-1-11-27(35)28-12-2-4-20-36(28)98(40-24-8-16-32(52(70,71)72)46(40)58(88,89)90,41-25-9-17-33(53(73,74)75)47(41)59(91,92)93)42-26-10-18-34(54(76,77)78)48(42)60(94,95)96/h1-26,97-98H. The van der Waals surface area contributed by atoms with Crippen molar-refractivity contribution >= 4 is 57.0 Å². The maximum atomic E-state index is 16.3. The van der Waals surface area contributed by atoms with Gasteiger partial charge in [-0.1, -0.05) is 0 Å². The first-order valence-electron chi connectivity index (χ1n) is 26.2. The molecule has 0 aliphatic carbocycles. The Labute approximate surface area is 523 Å². The summed E-state index contributed by atoms with van der Waals surface area (Å²) >= 11 is 0. The fourth-order valence-corrected chi connectivity index (χ4v) is 23.7. The van der Waals surface area contributed by atoms with Crippen molar-refractivity contribution in [2.75, 3.05) is 0 Å². The van der Waals surface area contributed by atoms with Crippen molar-refractivity contribution in [3.8, 4) is 11.1 Å². The molecule has 0 aliphatic heterocycles. The molecule has 0 amide bonds. The zero-order valence-electron chi connectivity index (χ0n) is 46.6. The van der Waals surface area contributed by atoms with Gasteiger partial charge in [-0.2, -0.15) is 0 Å². The van der Waals surface area contributed by atoms with Gasteiger partial charge in [0.1, 0.15) is 0 Å². The van der Waals surface area contributed by atoms with Gasteiger partial charge < -0.3 is 0 Å². The Morgan fingerprint density at radius 1 is 0.143 bits per heavy atom. The molecule has 0 radical (unpaired) electrons. The first-order chi connectivity index (χ1) is 44.3. The molecule has 0 unspecified atom stereocenters. The van der Waals surface area contributed by atoms with Crippen molar-refractivity contribution < 1.29 is 158 Å². The zero-order valence-corrected chi connectivity index (χ0v) is 48.6. The van der Waals surface area contributed by atoms with Gasteiger partial charge in [-0.15, -0.1) is 0 Å². The third-order valence-electron chi connectivity index (χ3n) is 15.3. The summed E-state index contributed by atoms with van der Waals surface area (Å²) in [6.07, 6.45) is -82.9. The molecule has 8 rings (SSSR count). The monoisotopic (exact) mass is 1490 g/mol. The minimum atomic E-state index is -8.50. The molecular weight excluding hydrogens is 1470 g/mol. The Hall–Kier alpha value is -7.90. The van der Waals surface area contributed by atoms with E-state index >= 15 is 158 Å². The number of hydrogen-bond acceptors (Lipinski definition) is 0. The van der Waals surface area contributed by atoms with E-state index in [2.05, 4.69) is 0 Å². The summed E-state index contributed by atoms with van der Waals surface area (Å²) in [4.78, 5) is 0. The van der Waals surface area contributed by atoms with E-state index in [-0.39, 0.29) is 84.9 Å². The third-order valence-corrected chi connectivity index (χ3v) is 25.1. The first-order valence-corrected chi connectivity index (χ1v) is 30.2. The molecule has 530 valence electrons. The molecule has 0 saturated carbocycles. The molecule has 38 heteroatoms. The van der Waals surface area contributed by atoms with E-state index in [1.807, 2.05) is 0 Å². The average molecular weight is 1490 g/mol. The quantitative estimate of drug-likeness (QED) is 0.0998. The van der Waals surface area contributed by atoms with Crippen molar-refractivity contribution in [2.45, 2.75) is 74.1 Å². The Kier molecular flexibility index (Phi) is 18.9. The van der Waals surface area contributed by atoms with Gasteiger partial charge in [-0.05, 0) is 0 Å². The van der Waals surface area contributed by atoms with Gasteiger partial charge in [0.25, 0.3) is 0 Å². The number of halogens is 36. The molecule has 8 aromatic carbocycles. The Morgan fingerprint density at radius 3 is 0.408 bits per heavy atom. The summed E-state index contributed by atoms with van der Waals surface area (Å²) in [5, 5.41) is -22.2. The summed E-state index contributed by atoms with van der Waals surface area (Å²) < 4.78 is 571. The molecule has 0 nitrogen and oxygen atoms in total. The van der Waals surface area contributed by atoms with Crippen molar-refractivity contribution in [3.63, 3.8) is 0 Å². The molecule has 0 aliphatic rings. The molecule has 0 spiro atoms. The molecule has 0 heterocycles. The van der Waals surface area contributed by atoms with Gasteiger partial charge in [-0.3, -0.25) is 0 Å². The van der Waals surface area contributed by atoms with Crippen molar-refractivity contribution in [1.82, 2.24) is 0 Å². The van der Waals surface area contributed by atoms with Crippen LogP contribution in [0.1, 0.15) is 66.8 Å². The van der Waals surface area contributed by atoms with Gasteiger partial charge in [-0.25, -0.2) is 0 Å². The van der Waals surface area contributed by atoms with Gasteiger partial charge in [0, 0.05) is 0 Å². The van der Waals surface area contributed by atoms with Gasteiger partial charge in [0.15, 0.2) is 0 Å². The molecule has 98 heavy (non-hydrogen) atoms. The van der Waals surface area contributed by atoms with Crippen LogP contribution in [0.3, 0.4) is 0 Å². The van der Waals surface area contributed by atoms with E-state index in [9.17, 15) is 0 Å². The van der Waals surface area contributed by atoms with Crippen molar-refractivity contribution in [3.05, 3.63) is 224 Å². The SMILES string of the molecule is FC(F)(F)c1cccc([PH](c2ccccc2-c2ccccc2[PH](c2cccc(C(F)(F)F)c2C(F)(F)F)(c2cccc(C(F)(F)F)c2C(F)(F)F)c2cccc(C(F)(F)F)c2C(F)(F)F)(c2cccc(C(F)(F)F)c2C(F)(F)F)c2cccc(C(F)(F)F)c2C(F)(F)F)c1C(F)(F)F. The molecular formula is C60H28F36P2. The first kappa shape index (κ1) is 75.9. The van der Waals surface area contributed by atoms with Crippen LogP contribution in [0.25, 0.3) is 11.1 Å². The van der Waals surface area contributed by atoms with Crippen LogP contribution >= 0.6 is 14.5 Å². The van der Waals surface area contributed by atoms with E-state index in [1.165, 1.54) is 0 Å². The predicted molar refractivity (Wildman–Crippen MR) is 284 cm³/mol. The van der Waals surface area contributed by atoms with Gasteiger partial charge >= 0.3 is 525 Å². The normalized spacial score (nSPS) is 14.4. The van der Waals surface area contributed by atoms with Gasteiger partial charge in [0.2, 0.25) is 0 Å². The summed E-state index contributed by atoms with van der Waals surface area (Å²) in [5.74, 6) is 0. The third kappa shape index (κ3) is 13.5. The van der Waals surface area contributed by atoms with Gasteiger partial charge in [0.05, 0.1) is 0 Å². The molecule has 0 N–H and O–H groups in total. The fourth-order valence-electron chi connectivity index (χ4n) is 12.3. The molecule has 8 aromatic rings. The molecule has 0 bridgehead atoms. The molecule has 0 saturated heterocycles. The predicted octanol–water partition coefficient (Wildman–Crippen LogP) is 20.3. The van der Waals surface area contributed by atoms with E-state index in [1.54, 1.807) is 0 Å². The number of benzene rings is 8. The number of hydrogen-bond donors (Lipinski definition) is 0. The van der Waals surface area contributed by atoms with Crippen molar-refractivity contribution in [1.29, 1.82) is 0 Å². The summed E-state index contributed by atoms with van der Waals surface area (Å²) in [5.41, 5.74) is -45.9. The van der Waals surface area contributed by atoms with Crippen LogP contribution in [-0.2, 0) is 74.1 Å². The number of rotatable bonds is 9. The van der Waals surface area contributed by atoms with Crippen LogP contribution in [0.5, 0.6) is 0 Å². The Balaban J connectivity index is 1.93. The van der Waals surface area contributed by atoms with Crippen LogP contribution in [0, 0.1) is 0 Å². The molecule has 0 aromatic heterocycles. The molecule has 0 atom stereocenters. The van der Waals surface area contributed by atoms with Crippen LogP contribution in [0.4, 0.5) is 158 Å². The molecule has 0 fully saturated rings. The van der Waals surface area contributed by atoms with Crippen molar-refractivity contribution in [2.24, 2.45) is 0 Å². The fraction of sp³-hybridized carbons (Fsp3) is 0.200.